The molecule has 0 radical (unpaired) electrons. The van der Waals surface area contributed by atoms with Gasteiger partial charge in [-0.15, -0.1) is 11.3 Å². The van der Waals surface area contributed by atoms with Gasteiger partial charge in [-0.1, -0.05) is 188 Å². The summed E-state index contributed by atoms with van der Waals surface area (Å²) in [5.74, 6) is 1.92. The first-order valence-electron chi connectivity index (χ1n) is 21.1. The maximum atomic E-state index is 5.42. The van der Waals surface area contributed by atoms with Gasteiger partial charge in [0.15, 0.2) is 17.5 Å². The van der Waals surface area contributed by atoms with Crippen LogP contribution in [0.1, 0.15) is 22.3 Å². The van der Waals surface area contributed by atoms with Gasteiger partial charge in [0.2, 0.25) is 0 Å². The Balaban J connectivity index is 1.02. The number of hydrogen-bond acceptors (Lipinski definition) is 4. The van der Waals surface area contributed by atoms with Crippen LogP contribution in [0.5, 0.6) is 0 Å². The number of hydrogen-bond donors (Lipinski definition) is 0. The Morgan fingerprint density at radius 2 is 0.774 bits per heavy atom. The number of nitrogens with zero attached hydrogens (tertiary/aromatic N) is 3. The van der Waals surface area contributed by atoms with Gasteiger partial charge in [-0.2, -0.15) is 0 Å². The molecule has 0 fully saturated rings. The zero-order valence-corrected chi connectivity index (χ0v) is 34.3. The van der Waals surface area contributed by atoms with Gasteiger partial charge in [0, 0.05) is 36.9 Å². The van der Waals surface area contributed by atoms with Gasteiger partial charge >= 0.3 is 0 Å². The van der Waals surface area contributed by atoms with Crippen molar-refractivity contribution in [2.75, 3.05) is 0 Å². The minimum atomic E-state index is -0.468. The fourth-order valence-electron chi connectivity index (χ4n) is 10.3. The van der Waals surface area contributed by atoms with E-state index in [2.05, 4.69) is 206 Å². The summed E-state index contributed by atoms with van der Waals surface area (Å²) < 4.78 is 2.59. The minimum absolute atomic E-state index is 0.468. The van der Waals surface area contributed by atoms with Crippen LogP contribution in [0.4, 0.5) is 0 Å². The van der Waals surface area contributed by atoms with Gasteiger partial charge in [0.25, 0.3) is 0 Å². The molecule has 0 unspecified atom stereocenters. The molecule has 1 spiro atoms. The fourth-order valence-corrected chi connectivity index (χ4v) is 11.4. The van der Waals surface area contributed by atoms with Crippen LogP contribution in [0.15, 0.2) is 212 Å². The molecule has 0 N–H and O–H groups in total. The van der Waals surface area contributed by atoms with E-state index in [1.807, 2.05) is 17.4 Å². The second-order valence-electron chi connectivity index (χ2n) is 16.3. The molecule has 2 aliphatic rings. The lowest BCUT2D eigenvalue weighted by Gasteiger charge is -2.30. The van der Waals surface area contributed by atoms with E-state index < -0.39 is 5.41 Å². The van der Waals surface area contributed by atoms with Crippen LogP contribution in [0.2, 0.25) is 0 Å². The maximum Gasteiger partial charge on any atom is 0.164 e. The second-order valence-corrected chi connectivity index (χ2v) is 17.3. The van der Waals surface area contributed by atoms with Crippen molar-refractivity contribution < 1.29 is 0 Å². The maximum absolute atomic E-state index is 5.42. The Kier molecular flexibility index (Phi) is 7.69. The van der Waals surface area contributed by atoms with E-state index in [0.29, 0.717) is 17.5 Å². The van der Waals surface area contributed by atoms with Crippen molar-refractivity contribution in [2.45, 2.75) is 5.41 Å². The normalized spacial score (nSPS) is 13.0. The minimum Gasteiger partial charge on any atom is -0.208 e. The van der Waals surface area contributed by atoms with E-state index in [9.17, 15) is 0 Å². The fraction of sp³-hybridized carbons (Fsp3) is 0.0172. The highest BCUT2D eigenvalue weighted by atomic mass is 32.1. The first kappa shape index (κ1) is 35.0. The first-order valence-corrected chi connectivity index (χ1v) is 21.9. The second kappa shape index (κ2) is 13.6. The third-order valence-electron chi connectivity index (χ3n) is 13.0. The summed E-state index contributed by atoms with van der Waals surface area (Å²) in [5, 5.41) is 2.57. The van der Waals surface area contributed by atoms with E-state index >= 15 is 0 Å². The van der Waals surface area contributed by atoms with Crippen LogP contribution in [0, 0.1) is 0 Å². The zero-order valence-electron chi connectivity index (χ0n) is 33.5. The van der Waals surface area contributed by atoms with Crippen molar-refractivity contribution in [1.82, 2.24) is 15.0 Å². The number of fused-ring (bicyclic) bond motifs is 13. The van der Waals surface area contributed by atoms with Crippen LogP contribution < -0.4 is 0 Å². The van der Waals surface area contributed by atoms with Gasteiger partial charge < -0.3 is 0 Å². The Labute approximate surface area is 363 Å². The predicted molar refractivity (Wildman–Crippen MR) is 256 cm³/mol. The molecule has 0 amide bonds. The molecule has 0 saturated carbocycles. The quantitative estimate of drug-likeness (QED) is 0.174. The molecule has 9 aromatic carbocycles. The van der Waals surface area contributed by atoms with E-state index in [1.54, 1.807) is 0 Å². The number of benzene rings is 9. The molecule has 2 heterocycles. The van der Waals surface area contributed by atoms with Gasteiger partial charge in [0.05, 0.1) is 5.41 Å². The number of aromatic nitrogens is 3. The Hall–Kier alpha value is -7.79. The lowest BCUT2D eigenvalue weighted by Crippen LogP contribution is -2.25. The standard InChI is InChI=1S/C58H35N3S/c1-2-14-36(15-3-1)37-28-30-38(31-29-37)55-59-56(41-17-12-16-39(34-41)40-32-33-53-47(35-40)44-20-7-11-27-52(44)62-53)61-57(60-55)46-22-13-26-51-54(46)45-21-6-10-25-50(45)58(51)48-23-8-4-18-42(48)43-19-5-9-24-49(43)58/h1-35H. The monoisotopic (exact) mass is 805 g/mol. The molecular formula is C58H35N3S. The smallest absolute Gasteiger partial charge is 0.164 e. The van der Waals surface area contributed by atoms with Crippen molar-refractivity contribution in [3.8, 4) is 78.7 Å². The number of rotatable bonds is 5. The Morgan fingerprint density at radius 3 is 1.55 bits per heavy atom. The molecule has 0 saturated heterocycles. The molecule has 62 heavy (non-hydrogen) atoms. The molecule has 0 atom stereocenters. The van der Waals surface area contributed by atoms with Gasteiger partial charge in [-0.05, 0) is 91.0 Å². The van der Waals surface area contributed by atoms with E-state index in [0.717, 1.165) is 33.4 Å². The summed E-state index contributed by atoms with van der Waals surface area (Å²) in [6, 6.07) is 76.7. The lowest BCUT2D eigenvalue weighted by molar-refractivity contribution is 0.794. The van der Waals surface area contributed by atoms with E-state index in [-0.39, 0.29) is 0 Å². The summed E-state index contributed by atoms with van der Waals surface area (Å²) in [5.41, 5.74) is 17.1. The molecule has 4 heteroatoms. The third kappa shape index (κ3) is 5.14. The van der Waals surface area contributed by atoms with Crippen LogP contribution >= 0.6 is 11.3 Å². The highest BCUT2D eigenvalue weighted by Gasteiger charge is 2.52. The van der Waals surface area contributed by atoms with Crippen molar-refractivity contribution in [3.63, 3.8) is 0 Å². The Bertz CT molecular complexity index is 3540. The highest BCUT2D eigenvalue weighted by molar-refractivity contribution is 7.25. The topological polar surface area (TPSA) is 38.7 Å². The summed E-state index contributed by atoms with van der Waals surface area (Å²) >= 11 is 1.84. The SMILES string of the molecule is c1ccc(-c2ccc(-c3nc(-c4cccc(-c5ccc6sc7ccccc7c6c5)c4)nc(-c4cccc5c4-c4ccccc4C54c5ccccc5-c5ccccc54)n3)cc2)cc1. The zero-order chi connectivity index (χ0) is 40.8. The molecule has 2 aliphatic carbocycles. The molecule has 0 bridgehead atoms. The Morgan fingerprint density at radius 1 is 0.290 bits per heavy atom. The van der Waals surface area contributed by atoms with Crippen molar-refractivity contribution in [3.05, 3.63) is 235 Å². The van der Waals surface area contributed by atoms with Crippen molar-refractivity contribution in [1.29, 1.82) is 0 Å². The molecule has 0 aliphatic heterocycles. The van der Waals surface area contributed by atoms with Crippen LogP contribution in [0.3, 0.4) is 0 Å². The average molecular weight is 806 g/mol. The summed E-state index contributed by atoms with van der Waals surface area (Å²) in [4.78, 5) is 16.1. The van der Waals surface area contributed by atoms with Gasteiger partial charge in [-0.3, -0.25) is 0 Å². The van der Waals surface area contributed by atoms with Crippen LogP contribution in [-0.4, -0.2) is 15.0 Å². The van der Waals surface area contributed by atoms with Gasteiger partial charge in [0.1, 0.15) is 0 Å². The summed E-state index contributed by atoms with van der Waals surface area (Å²) in [6.07, 6.45) is 0. The highest BCUT2D eigenvalue weighted by Crippen LogP contribution is 2.63. The summed E-state index contributed by atoms with van der Waals surface area (Å²) in [7, 11) is 0. The molecule has 13 rings (SSSR count). The average Bonchev–Trinajstić information content (AvgIpc) is 3.98. The molecule has 288 valence electrons. The lowest BCUT2D eigenvalue weighted by atomic mass is 9.70. The number of thiophene rings is 1. The van der Waals surface area contributed by atoms with Crippen molar-refractivity contribution in [2.24, 2.45) is 0 Å². The van der Waals surface area contributed by atoms with E-state index in [4.69, 9.17) is 15.0 Å². The predicted octanol–water partition coefficient (Wildman–Crippen LogP) is 14.9. The molecule has 3 nitrogen and oxygen atoms in total. The summed E-state index contributed by atoms with van der Waals surface area (Å²) in [6.45, 7) is 0. The third-order valence-corrected chi connectivity index (χ3v) is 14.1. The van der Waals surface area contributed by atoms with Crippen molar-refractivity contribution >= 4 is 31.5 Å². The largest absolute Gasteiger partial charge is 0.208 e. The van der Waals surface area contributed by atoms with Crippen LogP contribution in [0.25, 0.3) is 98.8 Å². The molecule has 11 aromatic rings. The van der Waals surface area contributed by atoms with Gasteiger partial charge in [-0.25, -0.2) is 15.0 Å². The molecule has 2 aromatic heterocycles. The van der Waals surface area contributed by atoms with E-state index in [1.165, 1.54) is 70.2 Å². The molecular weight excluding hydrogens is 771 g/mol. The first-order chi connectivity index (χ1) is 30.7. The van der Waals surface area contributed by atoms with Crippen LogP contribution in [-0.2, 0) is 5.41 Å².